The van der Waals surface area contributed by atoms with Gasteiger partial charge in [0.05, 0.1) is 28.8 Å². The first-order valence-corrected chi connectivity index (χ1v) is 11.6. The van der Waals surface area contributed by atoms with Gasteiger partial charge in [0.25, 0.3) is 11.7 Å². The summed E-state index contributed by atoms with van der Waals surface area (Å²) < 4.78 is 5.17. The number of Topliss-reactive ketones (excluding diaryl/α,β-unsaturated/α-hetero) is 1. The molecule has 168 valence electrons. The number of rotatable bonds is 4. The molecule has 2 fully saturated rings. The number of likely N-dealkylation sites (tertiary alicyclic amines) is 1. The van der Waals surface area contributed by atoms with Crippen LogP contribution in [0.3, 0.4) is 0 Å². The molecule has 1 atom stereocenters. The third-order valence-corrected chi connectivity index (χ3v) is 6.92. The number of hydrogen-bond acceptors (Lipinski definition) is 4. The normalized spacial score (nSPS) is 21.2. The highest BCUT2D eigenvalue weighted by atomic mass is 35.5. The van der Waals surface area contributed by atoms with Gasteiger partial charge in [0.15, 0.2) is 5.75 Å². The number of nitrogens with zero attached hydrogens (tertiary/aromatic N) is 1. The lowest BCUT2D eigenvalue weighted by Crippen LogP contribution is -2.40. The third kappa shape index (κ3) is 4.09. The topological polar surface area (TPSA) is 66.8 Å². The molecular weight excluding hydrogens is 473 g/mol. The zero-order valence-electron chi connectivity index (χ0n) is 17.4. The predicted octanol–water partition coefficient (Wildman–Crippen LogP) is 6.41. The maximum Gasteiger partial charge on any atom is 0.295 e. The molecule has 2 aliphatic rings. The van der Waals surface area contributed by atoms with E-state index in [-0.39, 0.29) is 38.7 Å². The maximum absolute atomic E-state index is 13.2. The summed E-state index contributed by atoms with van der Waals surface area (Å²) in [5, 5.41) is 12.1. The van der Waals surface area contributed by atoms with E-state index < -0.39 is 17.7 Å². The largest absolute Gasteiger partial charge is 0.507 e. The third-order valence-electron chi connectivity index (χ3n) is 6.11. The highest BCUT2D eigenvalue weighted by Crippen LogP contribution is 2.44. The Balaban J connectivity index is 1.89. The summed E-state index contributed by atoms with van der Waals surface area (Å²) in [5.41, 5.74) is 0.952. The molecule has 2 aromatic carbocycles. The number of hydrogen-bond donors (Lipinski definition) is 1. The number of amides is 1. The Bertz CT molecular complexity index is 1070. The van der Waals surface area contributed by atoms with Crippen molar-refractivity contribution in [1.29, 1.82) is 0 Å². The summed E-state index contributed by atoms with van der Waals surface area (Å²) in [6.45, 7) is 0. The summed E-state index contributed by atoms with van der Waals surface area (Å²) in [6, 6.07) is 9.09. The second kappa shape index (κ2) is 9.34. The molecule has 1 saturated carbocycles. The predicted molar refractivity (Wildman–Crippen MR) is 125 cm³/mol. The van der Waals surface area contributed by atoms with Crippen molar-refractivity contribution >= 4 is 52.3 Å². The highest BCUT2D eigenvalue weighted by molar-refractivity contribution is 6.47. The number of aliphatic hydroxyl groups excluding tert-OH is 1. The van der Waals surface area contributed by atoms with E-state index >= 15 is 0 Å². The zero-order chi connectivity index (χ0) is 23.0. The van der Waals surface area contributed by atoms with Crippen LogP contribution in [0, 0.1) is 0 Å². The van der Waals surface area contributed by atoms with Gasteiger partial charge in [-0.3, -0.25) is 9.59 Å². The van der Waals surface area contributed by atoms with Crippen LogP contribution < -0.4 is 4.74 Å². The number of benzene rings is 2. The van der Waals surface area contributed by atoms with Gasteiger partial charge in [-0.25, -0.2) is 0 Å². The first-order chi connectivity index (χ1) is 15.3. The van der Waals surface area contributed by atoms with Crippen molar-refractivity contribution in [1.82, 2.24) is 4.90 Å². The Labute approximate surface area is 201 Å². The summed E-state index contributed by atoms with van der Waals surface area (Å²) in [7, 11) is 1.43. The monoisotopic (exact) mass is 493 g/mol. The molecule has 0 aromatic heterocycles. The van der Waals surface area contributed by atoms with E-state index in [1.807, 2.05) is 0 Å². The van der Waals surface area contributed by atoms with Crippen molar-refractivity contribution in [3.63, 3.8) is 0 Å². The molecule has 1 saturated heterocycles. The van der Waals surface area contributed by atoms with Crippen LogP contribution in [0.25, 0.3) is 5.76 Å². The number of ketones is 1. The molecule has 1 heterocycles. The average molecular weight is 495 g/mol. The van der Waals surface area contributed by atoms with E-state index in [1.54, 1.807) is 29.2 Å². The van der Waals surface area contributed by atoms with Gasteiger partial charge >= 0.3 is 0 Å². The van der Waals surface area contributed by atoms with Gasteiger partial charge in [0.1, 0.15) is 5.76 Å². The quantitative estimate of drug-likeness (QED) is 0.303. The Morgan fingerprint density at radius 3 is 2.16 bits per heavy atom. The van der Waals surface area contributed by atoms with E-state index in [0.717, 1.165) is 32.1 Å². The molecule has 1 unspecified atom stereocenters. The molecule has 0 spiro atoms. The van der Waals surface area contributed by atoms with Gasteiger partial charge in [-0.15, -0.1) is 0 Å². The van der Waals surface area contributed by atoms with Crippen molar-refractivity contribution in [3.05, 3.63) is 68.2 Å². The second-order valence-corrected chi connectivity index (χ2v) is 9.27. The fraction of sp³-hybridized carbons (Fsp3) is 0.333. The molecule has 1 N–H and O–H groups in total. The molecule has 1 aliphatic heterocycles. The molecule has 1 amide bonds. The number of methoxy groups -OCH3 is 1. The van der Waals surface area contributed by atoms with E-state index in [4.69, 9.17) is 39.5 Å². The molecular formula is C24H22Cl3NO4. The van der Waals surface area contributed by atoms with Crippen LogP contribution in [0.4, 0.5) is 0 Å². The lowest BCUT2D eigenvalue weighted by molar-refractivity contribution is -0.141. The van der Waals surface area contributed by atoms with Crippen molar-refractivity contribution in [3.8, 4) is 5.75 Å². The fourth-order valence-electron chi connectivity index (χ4n) is 4.61. The maximum atomic E-state index is 13.2. The van der Waals surface area contributed by atoms with Crippen LogP contribution in [0.5, 0.6) is 5.75 Å². The van der Waals surface area contributed by atoms with Crippen LogP contribution in [-0.4, -0.2) is 34.8 Å². The van der Waals surface area contributed by atoms with Gasteiger partial charge < -0.3 is 14.7 Å². The van der Waals surface area contributed by atoms with Gasteiger partial charge in [-0.05, 0) is 42.7 Å². The number of ether oxygens (including phenoxy) is 1. The van der Waals surface area contributed by atoms with Crippen LogP contribution >= 0.6 is 34.8 Å². The van der Waals surface area contributed by atoms with Crippen molar-refractivity contribution in [2.24, 2.45) is 0 Å². The molecule has 8 heteroatoms. The molecule has 4 rings (SSSR count). The lowest BCUT2D eigenvalue weighted by atomic mass is 9.91. The van der Waals surface area contributed by atoms with Crippen LogP contribution in [0.1, 0.15) is 49.3 Å². The summed E-state index contributed by atoms with van der Waals surface area (Å²) >= 11 is 18.6. The minimum Gasteiger partial charge on any atom is -0.507 e. The Hall–Kier alpha value is -2.21. The second-order valence-electron chi connectivity index (χ2n) is 8.02. The van der Waals surface area contributed by atoms with Crippen molar-refractivity contribution in [2.45, 2.75) is 44.2 Å². The van der Waals surface area contributed by atoms with Gasteiger partial charge in [0.2, 0.25) is 0 Å². The van der Waals surface area contributed by atoms with Crippen molar-refractivity contribution < 1.29 is 19.4 Å². The lowest BCUT2D eigenvalue weighted by Gasteiger charge is -2.35. The Morgan fingerprint density at radius 2 is 1.59 bits per heavy atom. The van der Waals surface area contributed by atoms with E-state index in [0.29, 0.717) is 10.6 Å². The van der Waals surface area contributed by atoms with Crippen molar-refractivity contribution in [2.75, 3.05) is 7.11 Å². The number of aliphatic hydroxyl groups is 1. The molecule has 1 aliphatic carbocycles. The van der Waals surface area contributed by atoms with Crippen LogP contribution in [-0.2, 0) is 9.59 Å². The number of carbonyl (C=O) groups is 2. The molecule has 0 bridgehead atoms. The standard InChI is InChI=1S/C24H22Cl3NO4/c1-32-23-17(26)11-14(12-18(23)27)21(29)19-20(13-7-9-15(25)10-8-13)28(24(31)22(19)30)16-5-3-2-4-6-16/h7-12,16,20,29H,2-6H2,1H3/b21-19+. The SMILES string of the molecule is COc1c(Cl)cc(/C(O)=C2\C(=O)C(=O)N(C3CCCCC3)C2c2ccc(Cl)cc2)cc1Cl. The van der Waals surface area contributed by atoms with E-state index in [2.05, 4.69) is 0 Å². The van der Waals surface area contributed by atoms with Crippen LogP contribution in [0.2, 0.25) is 15.1 Å². The molecule has 32 heavy (non-hydrogen) atoms. The van der Waals surface area contributed by atoms with Gasteiger partial charge in [-0.1, -0.05) is 66.2 Å². The fourth-order valence-corrected chi connectivity index (χ4v) is 5.37. The first kappa shape index (κ1) is 23.0. The molecule has 2 aromatic rings. The van der Waals surface area contributed by atoms with E-state index in [1.165, 1.54) is 19.2 Å². The Kier molecular flexibility index (Phi) is 6.70. The number of halogens is 3. The molecule has 5 nitrogen and oxygen atoms in total. The molecule has 0 radical (unpaired) electrons. The van der Waals surface area contributed by atoms with Gasteiger partial charge in [0, 0.05) is 16.6 Å². The first-order valence-electron chi connectivity index (χ1n) is 10.4. The average Bonchev–Trinajstić information content (AvgIpc) is 3.04. The minimum absolute atomic E-state index is 0.0141. The van der Waals surface area contributed by atoms with E-state index in [9.17, 15) is 14.7 Å². The van der Waals surface area contributed by atoms with Crippen LogP contribution in [0.15, 0.2) is 42.0 Å². The van der Waals surface area contributed by atoms with Gasteiger partial charge in [-0.2, -0.15) is 0 Å². The number of carbonyl (C=O) groups excluding carboxylic acids is 2. The minimum atomic E-state index is -0.727. The highest BCUT2D eigenvalue weighted by Gasteiger charge is 2.48. The zero-order valence-corrected chi connectivity index (χ0v) is 19.7. The summed E-state index contributed by atoms with van der Waals surface area (Å²) in [4.78, 5) is 28.0. The Morgan fingerprint density at radius 1 is 1.00 bits per heavy atom. The summed E-state index contributed by atoms with van der Waals surface area (Å²) in [5.74, 6) is -1.39. The summed E-state index contributed by atoms with van der Waals surface area (Å²) in [6.07, 6.45) is 4.72. The smallest absolute Gasteiger partial charge is 0.295 e.